The first-order valence-corrected chi connectivity index (χ1v) is 6.74. The fourth-order valence-electron chi connectivity index (χ4n) is 1.46. The zero-order valence-electron chi connectivity index (χ0n) is 11.1. The van der Waals surface area contributed by atoms with Gasteiger partial charge in [0.1, 0.15) is 6.04 Å². The van der Waals surface area contributed by atoms with E-state index >= 15 is 0 Å². The van der Waals surface area contributed by atoms with Crippen molar-refractivity contribution in [1.82, 2.24) is 5.32 Å². The lowest BCUT2D eigenvalue weighted by atomic mass is 10.1. The first kappa shape index (κ1) is 16.6. The van der Waals surface area contributed by atoms with Gasteiger partial charge in [0, 0.05) is 13.3 Å². The molecule has 1 aromatic rings. The van der Waals surface area contributed by atoms with E-state index in [0.717, 1.165) is 11.3 Å². The van der Waals surface area contributed by atoms with Crippen LogP contribution in [0.4, 0.5) is 5.00 Å². The molecule has 0 aromatic carbocycles. The van der Waals surface area contributed by atoms with Crippen molar-refractivity contribution in [2.45, 2.75) is 25.8 Å². The van der Waals surface area contributed by atoms with Crippen molar-refractivity contribution in [2.75, 3.05) is 5.32 Å². The van der Waals surface area contributed by atoms with Gasteiger partial charge in [0.05, 0.1) is 9.88 Å². The molecule has 0 aliphatic rings. The molecule has 1 rings (SSSR count). The lowest BCUT2D eigenvalue weighted by molar-refractivity contribution is -0.140. The Bertz CT molecular complexity index is 568. The lowest BCUT2D eigenvalue weighted by Crippen LogP contribution is -2.40. The molecule has 8 nitrogen and oxygen atoms in total. The van der Waals surface area contributed by atoms with Crippen molar-refractivity contribution in [3.63, 3.8) is 0 Å². The molecule has 4 N–H and O–H groups in total. The van der Waals surface area contributed by atoms with Crippen LogP contribution in [0.1, 0.15) is 29.4 Å². The second kappa shape index (κ2) is 7.39. The molecule has 1 aromatic heterocycles. The Kier molecular flexibility index (Phi) is 5.85. The number of aliphatic carboxylic acids is 2. The van der Waals surface area contributed by atoms with E-state index < -0.39 is 23.9 Å². The maximum absolute atomic E-state index is 11.9. The molecule has 2 amide bonds. The number of carbonyl (C=O) groups excluding carboxylic acids is 2. The Morgan fingerprint density at radius 1 is 1.24 bits per heavy atom. The molecule has 0 fully saturated rings. The molecule has 114 valence electrons. The zero-order chi connectivity index (χ0) is 16.0. The Hall–Kier alpha value is -2.42. The summed E-state index contributed by atoms with van der Waals surface area (Å²) in [5.74, 6) is -3.36. The smallest absolute Gasteiger partial charge is 0.326 e. The van der Waals surface area contributed by atoms with Crippen molar-refractivity contribution in [1.29, 1.82) is 0 Å². The number of rotatable bonds is 7. The number of amides is 2. The standard InChI is InChI=1S/C12H14N2O6S/c1-6(15)13-9-4-3-8(21-9)11(18)14-7(12(19)20)2-5-10(16)17/h3-4,7H,2,5H2,1H3,(H,13,15)(H,14,18)(H,16,17)(H,19,20)/t7-/m0/s1. The summed E-state index contributed by atoms with van der Waals surface area (Å²) in [6.45, 7) is 1.33. The Balaban J connectivity index is 2.68. The van der Waals surface area contributed by atoms with Crippen molar-refractivity contribution in [2.24, 2.45) is 0 Å². The summed E-state index contributed by atoms with van der Waals surface area (Å²) in [7, 11) is 0. The lowest BCUT2D eigenvalue weighted by Gasteiger charge is -2.12. The predicted molar refractivity (Wildman–Crippen MR) is 74.4 cm³/mol. The largest absolute Gasteiger partial charge is 0.481 e. The van der Waals surface area contributed by atoms with E-state index in [0.29, 0.717) is 5.00 Å². The molecule has 0 saturated carbocycles. The van der Waals surface area contributed by atoms with Gasteiger partial charge in [-0.05, 0) is 18.6 Å². The molecule has 21 heavy (non-hydrogen) atoms. The van der Waals surface area contributed by atoms with E-state index in [-0.39, 0.29) is 23.6 Å². The normalized spacial score (nSPS) is 11.5. The number of carbonyl (C=O) groups is 4. The van der Waals surface area contributed by atoms with Gasteiger partial charge >= 0.3 is 11.9 Å². The molecule has 0 unspecified atom stereocenters. The molecule has 0 saturated heterocycles. The number of carboxylic acids is 2. The molecule has 0 aliphatic heterocycles. The first-order chi connectivity index (χ1) is 9.79. The van der Waals surface area contributed by atoms with Gasteiger partial charge in [0.25, 0.3) is 5.91 Å². The highest BCUT2D eigenvalue weighted by atomic mass is 32.1. The van der Waals surface area contributed by atoms with Crippen LogP contribution in [0.15, 0.2) is 12.1 Å². The fourth-order valence-corrected chi connectivity index (χ4v) is 2.31. The number of thiophene rings is 1. The number of nitrogens with one attached hydrogen (secondary N) is 2. The summed E-state index contributed by atoms with van der Waals surface area (Å²) >= 11 is 0.994. The number of hydrogen-bond donors (Lipinski definition) is 4. The summed E-state index contributed by atoms with van der Waals surface area (Å²) in [4.78, 5) is 44.4. The fraction of sp³-hybridized carbons (Fsp3) is 0.333. The Morgan fingerprint density at radius 2 is 1.90 bits per heavy atom. The van der Waals surface area contributed by atoms with E-state index in [9.17, 15) is 19.2 Å². The van der Waals surface area contributed by atoms with Crippen molar-refractivity contribution >= 4 is 40.1 Å². The second-order valence-corrected chi connectivity index (χ2v) is 5.23. The third kappa shape index (κ3) is 5.61. The SMILES string of the molecule is CC(=O)Nc1ccc(C(=O)N[C@@H](CCC(=O)O)C(=O)O)s1. The molecule has 0 radical (unpaired) electrons. The summed E-state index contributed by atoms with van der Waals surface area (Å²) < 4.78 is 0. The highest BCUT2D eigenvalue weighted by molar-refractivity contribution is 7.18. The van der Waals surface area contributed by atoms with Gasteiger partial charge < -0.3 is 20.8 Å². The van der Waals surface area contributed by atoms with Crippen LogP contribution in [0, 0.1) is 0 Å². The zero-order valence-corrected chi connectivity index (χ0v) is 11.9. The van der Waals surface area contributed by atoms with E-state index in [2.05, 4.69) is 10.6 Å². The third-order valence-electron chi connectivity index (χ3n) is 2.38. The minimum absolute atomic E-state index is 0.208. The molecule has 1 atom stereocenters. The highest BCUT2D eigenvalue weighted by Crippen LogP contribution is 2.21. The van der Waals surface area contributed by atoms with Crippen molar-refractivity contribution in [3.05, 3.63) is 17.0 Å². The van der Waals surface area contributed by atoms with Gasteiger partial charge in [-0.1, -0.05) is 0 Å². The summed E-state index contributed by atoms with van der Waals surface area (Å²) in [5.41, 5.74) is 0. The molecule has 9 heteroatoms. The van der Waals surface area contributed by atoms with Crippen molar-refractivity contribution < 1.29 is 29.4 Å². The minimum atomic E-state index is -1.30. The summed E-state index contributed by atoms with van der Waals surface area (Å²) in [5, 5.41) is 22.7. The van der Waals surface area contributed by atoms with Crippen LogP contribution in [-0.4, -0.2) is 40.0 Å². The van der Waals surface area contributed by atoms with Crippen LogP contribution in [0.5, 0.6) is 0 Å². The van der Waals surface area contributed by atoms with Gasteiger partial charge in [0.15, 0.2) is 0 Å². The molecule has 1 heterocycles. The maximum atomic E-state index is 11.9. The number of anilines is 1. The topological polar surface area (TPSA) is 133 Å². The van der Waals surface area contributed by atoms with E-state index in [1.165, 1.54) is 19.1 Å². The highest BCUT2D eigenvalue weighted by Gasteiger charge is 2.22. The van der Waals surface area contributed by atoms with E-state index in [1.54, 1.807) is 0 Å². The second-order valence-electron chi connectivity index (χ2n) is 4.14. The van der Waals surface area contributed by atoms with Gasteiger partial charge in [-0.3, -0.25) is 14.4 Å². The Labute approximate surface area is 123 Å². The minimum Gasteiger partial charge on any atom is -0.481 e. The maximum Gasteiger partial charge on any atom is 0.326 e. The number of carboxylic acid groups (broad SMARTS) is 2. The average molecular weight is 314 g/mol. The molecule has 0 spiro atoms. The molecular weight excluding hydrogens is 300 g/mol. The third-order valence-corrected chi connectivity index (χ3v) is 3.38. The summed E-state index contributed by atoms with van der Waals surface area (Å²) in [6.07, 6.45) is -0.570. The van der Waals surface area contributed by atoms with E-state index in [1.807, 2.05) is 0 Å². The van der Waals surface area contributed by atoms with E-state index in [4.69, 9.17) is 10.2 Å². The monoisotopic (exact) mass is 314 g/mol. The quantitative estimate of drug-likeness (QED) is 0.587. The molecule has 0 bridgehead atoms. The van der Waals surface area contributed by atoms with Gasteiger partial charge in [0.2, 0.25) is 5.91 Å². The van der Waals surface area contributed by atoms with Crippen LogP contribution >= 0.6 is 11.3 Å². The van der Waals surface area contributed by atoms with Gasteiger partial charge in [-0.15, -0.1) is 11.3 Å². The Morgan fingerprint density at radius 3 is 2.43 bits per heavy atom. The van der Waals surface area contributed by atoms with Crippen LogP contribution in [0.2, 0.25) is 0 Å². The number of hydrogen-bond acceptors (Lipinski definition) is 5. The van der Waals surface area contributed by atoms with Gasteiger partial charge in [-0.2, -0.15) is 0 Å². The van der Waals surface area contributed by atoms with Crippen LogP contribution < -0.4 is 10.6 Å². The van der Waals surface area contributed by atoms with Crippen molar-refractivity contribution in [3.8, 4) is 0 Å². The first-order valence-electron chi connectivity index (χ1n) is 5.92. The van der Waals surface area contributed by atoms with Crippen LogP contribution in [-0.2, 0) is 14.4 Å². The van der Waals surface area contributed by atoms with Gasteiger partial charge in [-0.25, -0.2) is 4.79 Å². The predicted octanol–water partition coefficient (Wildman–Crippen LogP) is 0.754. The molecule has 0 aliphatic carbocycles. The molecular formula is C12H14N2O6S. The summed E-state index contributed by atoms with van der Waals surface area (Å²) in [6, 6.07) is 1.69. The average Bonchev–Trinajstić information content (AvgIpc) is 2.81. The van der Waals surface area contributed by atoms with Crippen LogP contribution in [0.25, 0.3) is 0 Å². The van der Waals surface area contributed by atoms with Crippen LogP contribution in [0.3, 0.4) is 0 Å².